The van der Waals surface area contributed by atoms with Crippen molar-refractivity contribution in [3.8, 4) is 0 Å². The average Bonchev–Trinajstić information content (AvgIpc) is 2.70. The van der Waals surface area contributed by atoms with E-state index in [1.165, 1.54) is 23.8 Å². The molecular weight excluding hydrogens is 341 g/mol. The number of hydrogen-bond acceptors (Lipinski definition) is 3. The molecule has 4 heterocycles. The zero-order chi connectivity index (χ0) is 18.6. The van der Waals surface area contributed by atoms with E-state index in [1.54, 1.807) is 24.4 Å². The number of fused-ring (bicyclic) bond motifs is 3. The molecule has 2 unspecified atom stereocenters. The first-order valence-corrected chi connectivity index (χ1v) is 9.56. The smallest absolute Gasteiger partial charge is 0.244 e. The minimum absolute atomic E-state index is 0.116. The highest BCUT2D eigenvalue weighted by molar-refractivity contribution is 5.92. The number of carbonyl (C=O) groups is 1. The van der Waals surface area contributed by atoms with Gasteiger partial charge in [-0.3, -0.25) is 14.7 Å². The summed E-state index contributed by atoms with van der Waals surface area (Å²) in [5.74, 6) is 0.101. The van der Waals surface area contributed by atoms with E-state index in [-0.39, 0.29) is 17.8 Å². The van der Waals surface area contributed by atoms with Gasteiger partial charge in [0.1, 0.15) is 5.82 Å². The average molecular weight is 365 g/mol. The molecule has 3 fully saturated rings. The first-order chi connectivity index (χ1) is 13.2. The van der Waals surface area contributed by atoms with Crippen LogP contribution in [0.4, 0.5) is 4.39 Å². The Kier molecular flexibility index (Phi) is 5.30. The Bertz CT molecular complexity index is 815. The highest BCUT2D eigenvalue weighted by atomic mass is 19.1. The quantitative estimate of drug-likeness (QED) is 0.829. The fourth-order valence-corrected chi connectivity index (χ4v) is 4.38. The minimum atomic E-state index is -0.300. The van der Waals surface area contributed by atoms with Crippen LogP contribution in [0, 0.1) is 11.7 Å². The summed E-state index contributed by atoms with van der Waals surface area (Å²) in [6.07, 6.45) is 10.0. The zero-order valence-corrected chi connectivity index (χ0v) is 15.2. The van der Waals surface area contributed by atoms with Crippen LogP contribution in [-0.2, 0) is 11.2 Å². The number of aromatic nitrogens is 1. The number of hydrogen-bond donors (Lipinski definition) is 1. The molecule has 5 heteroatoms. The molecule has 0 spiro atoms. The zero-order valence-electron chi connectivity index (χ0n) is 15.2. The largest absolute Gasteiger partial charge is 0.348 e. The van der Waals surface area contributed by atoms with Gasteiger partial charge in [0.25, 0.3) is 0 Å². The second kappa shape index (κ2) is 8.01. The van der Waals surface area contributed by atoms with Crippen molar-refractivity contribution in [1.29, 1.82) is 0 Å². The molecule has 1 N–H and O–H groups in total. The van der Waals surface area contributed by atoms with E-state index in [1.807, 2.05) is 12.3 Å². The number of halogens is 1. The van der Waals surface area contributed by atoms with Gasteiger partial charge in [0.15, 0.2) is 0 Å². The van der Waals surface area contributed by atoms with Gasteiger partial charge in [-0.2, -0.15) is 0 Å². The number of rotatable bonds is 5. The molecule has 0 radical (unpaired) electrons. The monoisotopic (exact) mass is 365 g/mol. The normalized spacial score (nSPS) is 27.0. The molecule has 3 saturated heterocycles. The van der Waals surface area contributed by atoms with Crippen LogP contribution >= 0.6 is 0 Å². The second-order valence-electron chi connectivity index (χ2n) is 7.43. The lowest BCUT2D eigenvalue weighted by molar-refractivity contribution is -0.119. The van der Waals surface area contributed by atoms with E-state index in [4.69, 9.17) is 0 Å². The summed E-state index contributed by atoms with van der Waals surface area (Å²) in [7, 11) is 0. The van der Waals surface area contributed by atoms with E-state index in [9.17, 15) is 9.18 Å². The number of nitrogens with zero attached hydrogens (tertiary/aromatic N) is 2. The Morgan fingerprint density at radius 2 is 2.11 bits per heavy atom. The van der Waals surface area contributed by atoms with E-state index in [0.29, 0.717) is 17.5 Å². The molecule has 4 nitrogen and oxygen atoms in total. The molecule has 0 saturated carbocycles. The Labute approximate surface area is 159 Å². The molecule has 27 heavy (non-hydrogen) atoms. The van der Waals surface area contributed by atoms with Crippen LogP contribution in [0.25, 0.3) is 6.08 Å². The van der Waals surface area contributed by atoms with E-state index in [0.717, 1.165) is 32.4 Å². The summed E-state index contributed by atoms with van der Waals surface area (Å²) in [5, 5.41) is 3.22. The van der Waals surface area contributed by atoms with Crippen molar-refractivity contribution in [3.63, 3.8) is 0 Å². The van der Waals surface area contributed by atoms with Crippen molar-refractivity contribution in [2.45, 2.75) is 31.3 Å². The van der Waals surface area contributed by atoms with Gasteiger partial charge in [-0.15, -0.1) is 0 Å². The highest BCUT2D eigenvalue weighted by Gasteiger charge is 2.42. The SMILES string of the molecule is O=C(/C=C/c1cccc(F)c1)NC1C2CCN(CC2)C1Cc1cccnc1. The van der Waals surface area contributed by atoms with E-state index >= 15 is 0 Å². The highest BCUT2D eigenvalue weighted by Crippen LogP contribution is 2.33. The number of benzene rings is 1. The predicted molar refractivity (Wildman–Crippen MR) is 103 cm³/mol. The Morgan fingerprint density at radius 1 is 1.26 bits per heavy atom. The maximum Gasteiger partial charge on any atom is 0.244 e. The molecule has 2 bridgehead atoms. The third kappa shape index (κ3) is 4.25. The second-order valence-corrected chi connectivity index (χ2v) is 7.43. The number of pyridine rings is 1. The lowest BCUT2D eigenvalue weighted by Crippen LogP contribution is -2.64. The molecular formula is C22H24FN3O. The van der Waals surface area contributed by atoms with Crippen molar-refractivity contribution in [1.82, 2.24) is 15.2 Å². The fraction of sp³-hybridized carbons (Fsp3) is 0.364. The third-order valence-corrected chi connectivity index (χ3v) is 5.72. The van der Waals surface area contributed by atoms with Crippen LogP contribution in [0.15, 0.2) is 54.9 Å². The molecule has 3 aliphatic heterocycles. The fourth-order valence-electron chi connectivity index (χ4n) is 4.38. The lowest BCUT2D eigenvalue weighted by atomic mass is 9.77. The predicted octanol–water partition coefficient (Wildman–Crippen LogP) is 3.06. The Morgan fingerprint density at radius 3 is 2.85 bits per heavy atom. The standard InChI is InChI=1S/C22H24FN3O/c23-19-5-1-3-16(13-19)6-7-21(27)25-22-18-8-11-26(12-9-18)20(22)14-17-4-2-10-24-15-17/h1-7,10,13,15,18,20,22H,8-9,11-12,14H2,(H,25,27)/b7-6+. The van der Waals surface area contributed by atoms with E-state index in [2.05, 4.69) is 21.3 Å². The first-order valence-electron chi connectivity index (χ1n) is 9.56. The van der Waals surface area contributed by atoms with Gasteiger partial charge < -0.3 is 5.32 Å². The summed E-state index contributed by atoms with van der Waals surface area (Å²) in [5.41, 5.74) is 1.88. The Balaban J connectivity index is 1.45. The number of amides is 1. The maximum atomic E-state index is 13.3. The molecule has 5 rings (SSSR count). The molecule has 1 aromatic heterocycles. The lowest BCUT2D eigenvalue weighted by Gasteiger charge is -2.51. The molecule has 0 aliphatic carbocycles. The van der Waals surface area contributed by atoms with Crippen LogP contribution in [0.5, 0.6) is 0 Å². The van der Waals surface area contributed by atoms with Gasteiger partial charge in [-0.05, 0) is 73.7 Å². The molecule has 2 atom stereocenters. The summed E-state index contributed by atoms with van der Waals surface area (Å²) >= 11 is 0. The van der Waals surface area contributed by atoms with E-state index < -0.39 is 0 Å². The summed E-state index contributed by atoms with van der Waals surface area (Å²) in [4.78, 5) is 19.2. The molecule has 140 valence electrons. The molecule has 2 aromatic rings. The summed E-state index contributed by atoms with van der Waals surface area (Å²) < 4.78 is 13.3. The summed E-state index contributed by atoms with van der Waals surface area (Å²) in [6.45, 7) is 2.20. The van der Waals surface area contributed by atoms with Gasteiger partial charge in [0, 0.05) is 30.6 Å². The number of carbonyl (C=O) groups excluding carboxylic acids is 1. The number of piperidine rings is 3. The van der Waals surface area contributed by atoms with Crippen molar-refractivity contribution in [2.24, 2.45) is 5.92 Å². The summed E-state index contributed by atoms with van der Waals surface area (Å²) in [6, 6.07) is 10.7. The third-order valence-electron chi connectivity index (χ3n) is 5.72. The molecule has 1 amide bonds. The van der Waals surface area contributed by atoms with Gasteiger partial charge in [0.2, 0.25) is 5.91 Å². The topological polar surface area (TPSA) is 45.2 Å². The van der Waals surface area contributed by atoms with Crippen molar-refractivity contribution >= 4 is 12.0 Å². The van der Waals surface area contributed by atoms with Crippen LogP contribution in [0.3, 0.4) is 0 Å². The van der Waals surface area contributed by atoms with Crippen molar-refractivity contribution in [2.75, 3.05) is 13.1 Å². The van der Waals surface area contributed by atoms with Crippen LogP contribution < -0.4 is 5.32 Å². The Hall–Kier alpha value is -2.53. The van der Waals surface area contributed by atoms with Crippen molar-refractivity contribution in [3.05, 3.63) is 71.8 Å². The van der Waals surface area contributed by atoms with Gasteiger partial charge in [-0.1, -0.05) is 18.2 Å². The van der Waals surface area contributed by atoms with Crippen molar-refractivity contribution < 1.29 is 9.18 Å². The van der Waals surface area contributed by atoms with Crippen LogP contribution in [-0.4, -0.2) is 41.0 Å². The first kappa shape index (κ1) is 17.9. The van der Waals surface area contributed by atoms with Crippen LogP contribution in [0.1, 0.15) is 24.0 Å². The van der Waals surface area contributed by atoms with Gasteiger partial charge >= 0.3 is 0 Å². The molecule has 1 aromatic carbocycles. The van der Waals surface area contributed by atoms with Crippen LogP contribution in [0.2, 0.25) is 0 Å². The maximum absolute atomic E-state index is 13.3. The van der Waals surface area contributed by atoms with Gasteiger partial charge in [-0.25, -0.2) is 4.39 Å². The number of nitrogens with one attached hydrogen (secondary N) is 1. The minimum Gasteiger partial charge on any atom is -0.348 e. The molecule has 3 aliphatic rings. The van der Waals surface area contributed by atoms with Gasteiger partial charge in [0.05, 0.1) is 0 Å².